The van der Waals surface area contributed by atoms with Gasteiger partial charge in [-0.25, -0.2) is 9.48 Å². The molecule has 0 radical (unpaired) electrons. The Bertz CT molecular complexity index is 1730. The average Bonchev–Trinajstić information content (AvgIpc) is 3.83. The normalized spacial score (nSPS) is 16.6. The number of imide groups is 1. The summed E-state index contributed by atoms with van der Waals surface area (Å²) in [6, 6.07) is 24.6. The number of piperazine rings is 1. The number of hydrogen-bond donors (Lipinski definition) is 2. The number of carbonyl (C=O) groups is 3. The first-order valence-corrected chi connectivity index (χ1v) is 16.2. The lowest BCUT2D eigenvalue weighted by molar-refractivity contribution is -0.384. The number of nitrogens with zero attached hydrogens (tertiary/aromatic N) is 6. The maximum atomic E-state index is 13.4. The van der Waals surface area contributed by atoms with E-state index in [0.29, 0.717) is 37.4 Å². The fourth-order valence-corrected chi connectivity index (χ4v) is 6.69. The number of aromatic nitrogens is 3. The van der Waals surface area contributed by atoms with E-state index in [0.717, 1.165) is 36.8 Å². The van der Waals surface area contributed by atoms with Gasteiger partial charge in [0, 0.05) is 38.2 Å². The van der Waals surface area contributed by atoms with Crippen LogP contribution in [-0.4, -0.2) is 73.7 Å². The highest BCUT2D eigenvalue weighted by Crippen LogP contribution is 2.35. The molecule has 4 aromatic rings. The van der Waals surface area contributed by atoms with Gasteiger partial charge < -0.3 is 10.2 Å². The van der Waals surface area contributed by atoms with Gasteiger partial charge in [0.25, 0.3) is 5.69 Å². The van der Waals surface area contributed by atoms with E-state index in [2.05, 4.69) is 25.8 Å². The Kier molecular flexibility index (Phi) is 10.1. The van der Waals surface area contributed by atoms with Gasteiger partial charge in [0.1, 0.15) is 12.2 Å². The number of benzene rings is 3. The predicted octanol–water partition coefficient (Wildman–Crippen LogP) is 4.50. The van der Waals surface area contributed by atoms with E-state index >= 15 is 0 Å². The van der Waals surface area contributed by atoms with Crippen molar-refractivity contribution in [3.63, 3.8) is 0 Å². The molecule has 0 spiro atoms. The Morgan fingerprint density at radius 1 is 0.854 bits per heavy atom. The number of rotatable bonds is 10. The SMILES string of the molecule is O=C(NC(=O)C1CCCC1)N[C@H](c1ccccc1)[C@H](c1ccccc1)N1CCN(C(=O)Cn2cc(-c3ccccc3[N+](=O)[O-])nn2)CC1. The molecule has 3 aromatic carbocycles. The molecule has 2 fully saturated rings. The van der Waals surface area contributed by atoms with Crippen molar-refractivity contribution >= 4 is 23.5 Å². The van der Waals surface area contributed by atoms with Crippen molar-refractivity contribution in [3.8, 4) is 11.3 Å². The fraction of sp³-hybridized carbons (Fsp3) is 0.343. The second kappa shape index (κ2) is 15.0. The Hall–Kier alpha value is -5.43. The van der Waals surface area contributed by atoms with Crippen LogP contribution in [-0.2, 0) is 16.1 Å². The number of nitro groups is 1. The minimum Gasteiger partial charge on any atom is -0.339 e. The van der Waals surface area contributed by atoms with Gasteiger partial charge in [0.15, 0.2) is 0 Å². The number of nitrogens with one attached hydrogen (secondary N) is 2. The maximum Gasteiger partial charge on any atom is 0.321 e. The van der Waals surface area contributed by atoms with Crippen LogP contribution in [0.1, 0.15) is 48.9 Å². The van der Waals surface area contributed by atoms with Crippen molar-refractivity contribution in [2.45, 2.75) is 44.3 Å². The standard InChI is InChI=1S/C35H38N8O5/c44-31(24-42-23-29(38-39-42)28-17-9-10-18-30(28)43(47)48)40-19-21-41(22-20-40)33(26-13-5-2-6-14-26)32(25-11-3-1-4-12-25)36-35(46)37-34(45)27-15-7-8-16-27/h1-6,9-14,17-18,23,27,32-33H,7-8,15-16,19-22,24H2,(H2,36,37,45,46)/t32-,33+/m1/s1. The van der Waals surface area contributed by atoms with E-state index < -0.39 is 17.0 Å². The summed E-state index contributed by atoms with van der Waals surface area (Å²) in [6.07, 6.45) is 5.13. The van der Waals surface area contributed by atoms with Gasteiger partial charge in [-0.3, -0.25) is 29.9 Å². The summed E-state index contributed by atoms with van der Waals surface area (Å²) in [5, 5.41) is 25.3. The first kappa shape index (κ1) is 32.5. The van der Waals surface area contributed by atoms with Crippen LogP contribution in [0.5, 0.6) is 0 Å². The van der Waals surface area contributed by atoms with E-state index in [-0.39, 0.29) is 36.0 Å². The van der Waals surface area contributed by atoms with E-state index in [1.807, 2.05) is 60.7 Å². The van der Waals surface area contributed by atoms with Gasteiger partial charge in [-0.1, -0.05) is 90.9 Å². The van der Waals surface area contributed by atoms with Crippen LogP contribution in [0.25, 0.3) is 11.3 Å². The van der Waals surface area contributed by atoms with E-state index in [4.69, 9.17) is 0 Å². The van der Waals surface area contributed by atoms with Crippen molar-refractivity contribution in [2.24, 2.45) is 5.92 Å². The molecule has 2 heterocycles. The highest BCUT2D eigenvalue weighted by molar-refractivity contribution is 5.95. The minimum atomic E-state index is -0.525. The monoisotopic (exact) mass is 650 g/mol. The second-order valence-corrected chi connectivity index (χ2v) is 12.2. The van der Waals surface area contributed by atoms with E-state index in [9.17, 15) is 24.5 Å². The second-order valence-electron chi connectivity index (χ2n) is 12.2. The average molecular weight is 651 g/mol. The lowest BCUT2D eigenvalue weighted by Gasteiger charge is -2.42. The third-order valence-corrected chi connectivity index (χ3v) is 9.14. The summed E-state index contributed by atoms with van der Waals surface area (Å²) >= 11 is 0. The fourth-order valence-electron chi connectivity index (χ4n) is 6.69. The molecule has 1 saturated heterocycles. The van der Waals surface area contributed by atoms with Gasteiger partial charge in [-0.15, -0.1) is 5.10 Å². The van der Waals surface area contributed by atoms with Crippen LogP contribution in [0.4, 0.5) is 10.5 Å². The van der Waals surface area contributed by atoms with Crippen molar-refractivity contribution in [2.75, 3.05) is 26.2 Å². The molecule has 4 amide bonds. The summed E-state index contributed by atoms with van der Waals surface area (Å²) in [6.45, 7) is 1.91. The zero-order chi connectivity index (χ0) is 33.5. The summed E-state index contributed by atoms with van der Waals surface area (Å²) in [7, 11) is 0. The van der Waals surface area contributed by atoms with Gasteiger partial charge in [0.2, 0.25) is 11.8 Å². The first-order chi connectivity index (χ1) is 23.4. The highest BCUT2D eigenvalue weighted by atomic mass is 16.6. The Labute approximate surface area is 278 Å². The molecule has 1 aromatic heterocycles. The summed E-state index contributed by atoms with van der Waals surface area (Å²) < 4.78 is 1.40. The summed E-state index contributed by atoms with van der Waals surface area (Å²) in [4.78, 5) is 54.5. The molecular weight excluding hydrogens is 612 g/mol. The van der Waals surface area contributed by atoms with Crippen molar-refractivity contribution in [3.05, 3.63) is 112 Å². The van der Waals surface area contributed by atoms with Crippen molar-refractivity contribution in [1.29, 1.82) is 0 Å². The van der Waals surface area contributed by atoms with Crippen LogP contribution in [0, 0.1) is 16.0 Å². The lowest BCUT2D eigenvalue weighted by Crippen LogP contribution is -2.53. The van der Waals surface area contributed by atoms with Gasteiger partial charge in [0.05, 0.1) is 28.8 Å². The number of para-hydroxylation sites is 1. The van der Waals surface area contributed by atoms with Crippen LogP contribution >= 0.6 is 0 Å². The summed E-state index contributed by atoms with van der Waals surface area (Å²) in [5.41, 5.74) is 2.47. The summed E-state index contributed by atoms with van der Waals surface area (Å²) in [5.74, 6) is -0.517. The smallest absolute Gasteiger partial charge is 0.321 e. The zero-order valence-electron chi connectivity index (χ0n) is 26.5. The molecule has 1 aliphatic carbocycles. The highest BCUT2D eigenvalue weighted by Gasteiger charge is 2.35. The maximum absolute atomic E-state index is 13.4. The quantitative estimate of drug-likeness (QED) is 0.188. The van der Waals surface area contributed by atoms with Crippen LogP contribution in [0.3, 0.4) is 0 Å². The molecule has 2 N–H and O–H groups in total. The number of hydrogen-bond acceptors (Lipinski definition) is 8. The molecule has 1 aliphatic heterocycles. The Morgan fingerprint density at radius 2 is 1.48 bits per heavy atom. The third-order valence-electron chi connectivity index (χ3n) is 9.14. The van der Waals surface area contributed by atoms with Crippen LogP contribution < -0.4 is 10.6 Å². The topological polar surface area (TPSA) is 156 Å². The molecule has 0 bridgehead atoms. The molecule has 248 valence electrons. The number of urea groups is 1. The predicted molar refractivity (Wildman–Crippen MR) is 177 cm³/mol. The largest absolute Gasteiger partial charge is 0.339 e. The molecule has 0 unspecified atom stereocenters. The molecule has 48 heavy (non-hydrogen) atoms. The van der Waals surface area contributed by atoms with E-state index in [1.54, 1.807) is 29.3 Å². The molecule has 6 rings (SSSR count). The minimum absolute atomic E-state index is 0.0564. The Morgan fingerprint density at radius 3 is 2.15 bits per heavy atom. The molecule has 1 saturated carbocycles. The first-order valence-electron chi connectivity index (χ1n) is 16.2. The molecule has 2 aliphatic rings. The van der Waals surface area contributed by atoms with Crippen molar-refractivity contribution in [1.82, 2.24) is 35.4 Å². The third kappa shape index (κ3) is 7.58. The molecule has 13 heteroatoms. The molecule has 2 atom stereocenters. The lowest BCUT2D eigenvalue weighted by atomic mass is 9.91. The van der Waals surface area contributed by atoms with Crippen LogP contribution in [0.2, 0.25) is 0 Å². The van der Waals surface area contributed by atoms with Gasteiger partial charge in [-0.2, -0.15) is 0 Å². The molecule has 13 nitrogen and oxygen atoms in total. The number of nitro benzene ring substituents is 1. The zero-order valence-corrected chi connectivity index (χ0v) is 26.5. The molecular formula is C35H38N8O5. The van der Waals surface area contributed by atoms with Crippen LogP contribution in [0.15, 0.2) is 91.1 Å². The van der Waals surface area contributed by atoms with Crippen molar-refractivity contribution < 1.29 is 19.3 Å². The number of carbonyl (C=O) groups excluding carboxylic acids is 3. The van der Waals surface area contributed by atoms with Gasteiger partial charge >= 0.3 is 6.03 Å². The van der Waals surface area contributed by atoms with Gasteiger partial charge in [-0.05, 0) is 30.0 Å². The number of amides is 4. The van der Waals surface area contributed by atoms with E-state index in [1.165, 1.54) is 10.7 Å². The Balaban J connectivity index is 1.16.